The summed E-state index contributed by atoms with van der Waals surface area (Å²) in [5.41, 5.74) is -1.13. The Bertz CT molecular complexity index is 506. The van der Waals surface area contributed by atoms with Crippen molar-refractivity contribution in [2.45, 2.75) is 6.04 Å². The monoisotopic (exact) mass is 244 g/mol. The zero-order valence-electron chi connectivity index (χ0n) is 8.28. The van der Waals surface area contributed by atoms with Crippen LogP contribution in [0.5, 0.6) is 0 Å². The fourth-order valence-corrected chi connectivity index (χ4v) is 1.51. The fraction of sp³-hybridized carbons (Fsp3) is 0.222. The van der Waals surface area contributed by atoms with Crippen LogP contribution < -0.4 is 5.32 Å². The minimum atomic E-state index is -1.16. The molecule has 2 rings (SSSR count). The van der Waals surface area contributed by atoms with Gasteiger partial charge in [-0.25, -0.2) is 9.18 Å². The Morgan fingerprint density at radius 2 is 2.12 bits per heavy atom. The van der Waals surface area contributed by atoms with Crippen molar-refractivity contribution < 1.29 is 23.2 Å². The van der Waals surface area contributed by atoms with Crippen molar-refractivity contribution in [3.8, 4) is 0 Å². The van der Waals surface area contributed by atoms with Crippen molar-refractivity contribution in [2.75, 3.05) is 6.61 Å². The highest BCUT2D eigenvalue weighted by Crippen LogP contribution is 2.27. The van der Waals surface area contributed by atoms with E-state index in [1.807, 2.05) is 0 Å². The van der Waals surface area contributed by atoms with E-state index in [1.165, 1.54) is 0 Å². The molecule has 1 fully saturated rings. The lowest BCUT2D eigenvalue weighted by Gasteiger charge is -2.08. The molecule has 1 heterocycles. The number of rotatable bonds is 2. The van der Waals surface area contributed by atoms with E-state index in [-0.39, 0.29) is 12.2 Å². The number of hydrogen-bond donors (Lipinski definition) is 1. The number of nitrogens with one attached hydrogen (secondary N) is 1. The highest BCUT2D eigenvalue weighted by Gasteiger charge is 2.29. The summed E-state index contributed by atoms with van der Waals surface area (Å²) in [6.45, 7) is -0.146. The maximum absolute atomic E-state index is 13.5. The van der Waals surface area contributed by atoms with E-state index >= 15 is 0 Å². The van der Waals surface area contributed by atoms with Gasteiger partial charge in [-0.05, 0) is 6.07 Å². The summed E-state index contributed by atoms with van der Waals surface area (Å²) < 4.78 is 31.3. The number of carbonyl (C=O) groups is 1. The summed E-state index contributed by atoms with van der Waals surface area (Å²) >= 11 is 0. The standard InChI is InChI=1S/C9H6F2N2O4/c10-5-2-8(13(15)16)6(11)1-4(5)7-3-17-9(14)12-7/h1-2,7H,3H2,(H,12,14). The Morgan fingerprint density at radius 3 is 2.65 bits per heavy atom. The molecule has 1 atom stereocenters. The number of alkyl carbamates (subject to hydrolysis) is 1. The zero-order chi connectivity index (χ0) is 12.6. The average molecular weight is 244 g/mol. The zero-order valence-corrected chi connectivity index (χ0v) is 8.28. The number of halogens is 2. The average Bonchev–Trinajstić information content (AvgIpc) is 2.67. The molecule has 1 aliphatic heterocycles. The van der Waals surface area contributed by atoms with Gasteiger partial charge in [0.1, 0.15) is 12.4 Å². The van der Waals surface area contributed by atoms with Crippen LogP contribution in [-0.4, -0.2) is 17.6 Å². The van der Waals surface area contributed by atoms with Gasteiger partial charge in [0.15, 0.2) is 0 Å². The van der Waals surface area contributed by atoms with Crippen molar-refractivity contribution in [3.63, 3.8) is 0 Å². The molecule has 1 N–H and O–H groups in total. The molecule has 1 amide bonds. The van der Waals surface area contributed by atoms with E-state index in [0.29, 0.717) is 12.1 Å². The molecule has 0 aliphatic carbocycles. The molecular formula is C9H6F2N2O4. The summed E-state index contributed by atoms with van der Waals surface area (Å²) in [5.74, 6) is -2.12. The van der Waals surface area contributed by atoms with E-state index in [9.17, 15) is 23.7 Å². The quantitative estimate of drug-likeness (QED) is 0.633. The number of benzene rings is 1. The van der Waals surface area contributed by atoms with E-state index in [4.69, 9.17) is 0 Å². The van der Waals surface area contributed by atoms with E-state index in [0.717, 1.165) is 0 Å². The van der Waals surface area contributed by atoms with Gasteiger partial charge in [-0.2, -0.15) is 4.39 Å². The first kappa shape index (κ1) is 11.2. The number of nitro groups is 1. The van der Waals surface area contributed by atoms with Crippen molar-refractivity contribution in [1.29, 1.82) is 0 Å². The summed E-state index contributed by atoms with van der Waals surface area (Å²) in [6, 6.07) is 0.334. The van der Waals surface area contributed by atoms with Gasteiger partial charge in [-0.15, -0.1) is 0 Å². The summed E-state index contributed by atoms with van der Waals surface area (Å²) in [4.78, 5) is 20.1. The van der Waals surface area contributed by atoms with Gasteiger partial charge >= 0.3 is 11.8 Å². The molecule has 17 heavy (non-hydrogen) atoms. The molecule has 0 radical (unpaired) electrons. The van der Waals surface area contributed by atoms with E-state index in [2.05, 4.69) is 10.1 Å². The third kappa shape index (κ3) is 2.01. The topological polar surface area (TPSA) is 81.5 Å². The first-order valence-electron chi connectivity index (χ1n) is 4.55. The molecular weight excluding hydrogens is 238 g/mol. The van der Waals surface area contributed by atoms with Crippen LogP contribution in [0.3, 0.4) is 0 Å². The smallest absolute Gasteiger partial charge is 0.407 e. The van der Waals surface area contributed by atoms with Crippen LogP contribution in [0.15, 0.2) is 12.1 Å². The molecule has 1 aromatic carbocycles. The predicted molar refractivity (Wildman–Crippen MR) is 50.2 cm³/mol. The number of carbonyl (C=O) groups excluding carboxylic acids is 1. The Morgan fingerprint density at radius 1 is 1.41 bits per heavy atom. The summed E-state index contributed by atoms with van der Waals surface area (Å²) in [7, 11) is 0. The number of nitro benzene ring substituents is 1. The second-order valence-electron chi connectivity index (χ2n) is 3.38. The SMILES string of the molecule is O=C1NC(c2cc(F)c([N+](=O)[O-])cc2F)CO1. The minimum absolute atomic E-state index is 0.146. The molecule has 1 unspecified atom stereocenters. The second-order valence-corrected chi connectivity index (χ2v) is 3.38. The normalized spacial score (nSPS) is 18.7. The van der Waals surface area contributed by atoms with Gasteiger partial charge in [0.05, 0.1) is 17.0 Å². The molecule has 8 heteroatoms. The third-order valence-corrected chi connectivity index (χ3v) is 2.31. The number of ether oxygens (including phenoxy) is 1. The number of nitrogens with zero attached hydrogens (tertiary/aromatic N) is 1. The largest absolute Gasteiger partial charge is 0.447 e. The Hall–Kier alpha value is -2.25. The summed E-state index contributed by atoms with van der Waals surface area (Å²) in [6.07, 6.45) is -0.742. The lowest BCUT2D eigenvalue weighted by atomic mass is 10.1. The molecule has 0 spiro atoms. The maximum atomic E-state index is 13.5. The molecule has 1 aromatic rings. The van der Waals surface area contributed by atoms with Crippen LogP contribution in [0.4, 0.5) is 19.3 Å². The van der Waals surface area contributed by atoms with Gasteiger partial charge in [-0.3, -0.25) is 10.1 Å². The second kappa shape index (κ2) is 3.96. The predicted octanol–water partition coefficient (Wildman–Crippen LogP) is 1.65. The Kier molecular flexibility index (Phi) is 2.62. The highest BCUT2D eigenvalue weighted by atomic mass is 19.1. The van der Waals surface area contributed by atoms with Gasteiger partial charge in [0, 0.05) is 5.56 Å². The number of hydrogen-bond acceptors (Lipinski definition) is 4. The van der Waals surface area contributed by atoms with E-state index < -0.39 is 34.4 Å². The lowest BCUT2D eigenvalue weighted by molar-refractivity contribution is -0.387. The number of amides is 1. The van der Waals surface area contributed by atoms with Crippen LogP contribution in [-0.2, 0) is 4.74 Å². The van der Waals surface area contributed by atoms with Crippen LogP contribution in [0, 0.1) is 21.7 Å². The maximum Gasteiger partial charge on any atom is 0.407 e. The van der Waals surface area contributed by atoms with Crippen LogP contribution in [0.25, 0.3) is 0 Å². The minimum Gasteiger partial charge on any atom is -0.447 e. The number of cyclic esters (lactones) is 1. The fourth-order valence-electron chi connectivity index (χ4n) is 1.51. The van der Waals surface area contributed by atoms with Crippen LogP contribution in [0.1, 0.15) is 11.6 Å². The lowest BCUT2D eigenvalue weighted by Crippen LogP contribution is -2.19. The molecule has 0 saturated carbocycles. The highest BCUT2D eigenvalue weighted by molar-refractivity contribution is 5.70. The van der Waals surface area contributed by atoms with Gasteiger partial charge in [-0.1, -0.05) is 0 Å². The van der Waals surface area contributed by atoms with Gasteiger partial charge in [0.2, 0.25) is 5.82 Å². The van der Waals surface area contributed by atoms with Crippen LogP contribution in [0.2, 0.25) is 0 Å². The van der Waals surface area contributed by atoms with Crippen molar-refractivity contribution >= 4 is 11.8 Å². The Labute approximate surface area is 93.3 Å². The van der Waals surface area contributed by atoms with Crippen molar-refractivity contribution in [1.82, 2.24) is 5.32 Å². The first-order valence-corrected chi connectivity index (χ1v) is 4.55. The first-order chi connectivity index (χ1) is 7.99. The molecule has 0 bridgehead atoms. The molecule has 6 nitrogen and oxygen atoms in total. The van der Waals surface area contributed by atoms with Gasteiger partial charge in [0.25, 0.3) is 0 Å². The third-order valence-electron chi connectivity index (χ3n) is 2.31. The van der Waals surface area contributed by atoms with Crippen molar-refractivity contribution in [3.05, 3.63) is 39.4 Å². The van der Waals surface area contributed by atoms with Crippen molar-refractivity contribution in [2.24, 2.45) is 0 Å². The molecule has 1 aliphatic rings. The van der Waals surface area contributed by atoms with E-state index in [1.54, 1.807) is 0 Å². The van der Waals surface area contributed by atoms with Crippen LogP contribution >= 0.6 is 0 Å². The molecule has 1 saturated heterocycles. The Balaban J connectivity index is 2.39. The molecule has 90 valence electrons. The van der Waals surface area contributed by atoms with Gasteiger partial charge < -0.3 is 10.1 Å². The summed E-state index contributed by atoms with van der Waals surface area (Å²) in [5, 5.41) is 12.6. The molecule has 0 aromatic heterocycles.